The second-order valence-electron chi connectivity index (χ2n) is 12.2. The van der Waals surface area contributed by atoms with Crippen molar-refractivity contribution < 1.29 is 23.9 Å². The Morgan fingerprint density at radius 1 is 0.778 bits per heavy atom. The summed E-state index contributed by atoms with van der Waals surface area (Å²) in [5.41, 5.74) is 5.20. The first-order valence-corrected chi connectivity index (χ1v) is 18.7. The van der Waals surface area contributed by atoms with Crippen LogP contribution in [0.15, 0.2) is 138 Å². The van der Waals surface area contributed by atoms with Crippen molar-refractivity contribution >= 4 is 57.7 Å². The highest BCUT2D eigenvalue weighted by Crippen LogP contribution is 2.38. The number of hydrogen-bond acceptors (Lipinski definition) is 8. The van der Waals surface area contributed by atoms with E-state index in [1.54, 1.807) is 73.8 Å². The van der Waals surface area contributed by atoms with E-state index in [2.05, 4.69) is 16.0 Å². The minimum absolute atomic E-state index is 0.00402. The van der Waals surface area contributed by atoms with Crippen molar-refractivity contribution in [3.05, 3.63) is 160 Å². The highest BCUT2D eigenvalue weighted by molar-refractivity contribution is 8.00. The molecule has 272 valence electrons. The molecule has 54 heavy (non-hydrogen) atoms. The van der Waals surface area contributed by atoms with E-state index in [1.165, 1.54) is 30.2 Å². The van der Waals surface area contributed by atoms with Gasteiger partial charge < -0.3 is 25.4 Å². The predicted octanol–water partition coefficient (Wildman–Crippen LogP) is 9.33. The Labute approximate surface area is 322 Å². The van der Waals surface area contributed by atoms with Crippen LogP contribution < -0.4 is 25.4 Å². The summed E-state index contributed by atoms with van der Waals surface area (Å²) in [6.45, 7) is 4.03. The number of rotatable bonds is 13. The number of nitrogens with zero attached hydrogens (tertiary/aromatic N) is 1. The van der Waals surface area contributed by atoms with Crippen molar-refractivity contribution in [2.24, 2.45) is 0 Å². The van der Waals surface area contributed by atoms with Gasteiger partial charge in [0, 0.05) is 38.2 Å². The van der Waals surface area contributed by atoms with Crippen LogP contribution >= 0.6 is 23.1 Å². The first kappa shape index (κ1) is 37.6. The fraction of sp³-hybridized carbons (Fsp3) is 0.116. The Morgan fingerprint density at radius 2 is 1.50 bits per heavy atom. The lowest BCUT2D eigenvalue weighted by Crippen LogP contribution is -2.30. The zero-order valence-corrected chi connectivity index (χ0v) is 31.7. The van der Waals surface area contributed by atoms with E-state index in [-0.39, 0.29) is 11.6 Å². The van der Waals surface area contributed by atoms with E-state index in [1.807, 2.05) is 80.6 Å². The summed E-state index contributed by atoms with van der Waals surface area (Å²) in [5.74, 6) is -0.204. The average molecular weight is 755 g/mol. The molecular weight excluding hydrogens is 717 g/mol. The van der Waals surface area contributed by atoms with Crippen LogP contribution in [0.1, 0.15) is 37.2 Å². The number of methoxy groups -OCH3 is 2. The normalized spacial score (nSPS) is 11.7. The van der Waals surface area contributed by atoms with Gasteiger partial charge in [-0.15, -0.1) is 23.1 Å². The number of aromatic nitrogens is 1. The van der Waals surface area contributed by atoms with Gasteiger partial charge in [-0.2, -0.15) is 0 Å². The van der Waals surface area contributed by atoms with Gasteiger partial charge in [-0.05, 0) is 68.0 Å². The zero-order chi connectivity index (χ0) is 38.0. The molecule has 3 amide bonds. The van der Waals surface area contributed by atoms with Crippen LogP contribution in [0, 0.1) is 13.8 Å². The van der Waals surface area contributed by atoms with Gasteiger partial charge in [0.05, 0.1) is 19.9 Å². The molecular formula is C43H38N4O5S2. The van der Waals surface area contributed by atoms with Gasteiger partial charge in [0.2, 0.25) is 5.91 Å². The van der Waals surface area contributed by atoms with Crippen LogP contribution in [-0.4, -0.2) is 36.9 Å². The van der Waals surface area contributed by atoms with Crippen LogP contribution in [0.3, 0.4) is 0 Å². The van der Waals surface area contributed by atoms with E-state index < -0.39 is 17.1 Å². The van der Waals surface area contributed by atoms with E-state index in [0.717, 1.165) is 32.2 Å². The van der Waals surface area contributed by atoms with Crippen molar-refractivity contribution in [3.63, 3.8) is 0 Å². The van der Waals surface area contributed by atoms with Crippen LogP contribution in [0.4, 0.5) is 10.8 Å². The molecule has 1 atom stereocenters. The molecule has 0 fully saturated rings. The lowest BCUT2D eigenvalue weighted by Gasteiger charge is -2.17. The fourth-order valence-electron chi connectivity index (χ4n) is 5.52. The SMILES string of the molecule is COc1ccc(/C=C(/NC(=O)c2ccccc2)C(=O)Nc2cccc(SC(C(=O)Nc3nc(-c4ccc(C)cc4)c(C)s3)c3ccccc3)c2)c(OC)c1. The largest absolute Gasteiger partial charge is 0.497 e. The Morgan fingerprint density at radius 3 is 2.20 bits per heavy atom. The van der Waals surface area contributed by atoms with Crippen LogP contribution in [0.5, 0.6) is 11.5 Å². The minimum atomic E-state index is -0.632. The average Bonchev–Trinajstić information content (AvgIpc) is 3.56. The number of amides is 3. The third-order valence-electron chi connectivity index (χ3n) is 8.31. The maximum Gasteiger partial charge on any atom is 0.272 e. The molecule has 6 rings (SSSR count). The molecule has 3 N–H and O–H groups in total. The van der Waals surface area contributed by atoms with Gasteiger partial charge >= 0.3 is 0 Å². The molecule has 0 aliphatic heterocycles. The summed E-state index contributed by atoms with van der Waals surface area (Å²) in [7, 11) is 3.06. The predicted molar refractivity (Wildman–Crippen MR) is 217 cm³/mol. The number of hydrogen-bond donors (Lipinski definition) is 3. The number of ether oxygens (including phenoxy) is 2. The van der Waals surface area contributed by atoms with E-state index in [4.69, 9.17) is 14.5 Å². The van der Waals surface area contributed by atoms with Crippen LogP contribution in [0.25, 0.3) is 17.3 Å². The molecule has 6 aromatic rings. The summed E-state index contributed by atoms with van der Waals surface area (Å²) >= 11 is 2.78. The standard InChI is InChI=1S/C43H38N4O5S2/c1-27-18-20-29(21-19-27)38-28(2)53-43(46-38)47-42(50)39(30-12-7-5-8-13-30)54-35-17-11-16-33(25-35)44-41(49)36(45-40(48)31-14-9-6-10-15-31)24-32-22-23-34(51-3)26-37(32)52-4/h5-26,39H,1-4H3,(H,44,49)(H,45,48)(H,46,47,50)/b36-24+. The molecule has 1 aromatic heterocycles. The van der Waals surface area contributed by atoms with E-state index in [9.17, 15) is 14.4 Å². The highest BCUT2D eigenvalue weighted by Gasteiger charge is 2.24. The number of carbonyl (C=O) groups is 3. The molecule has 1 heterocycles. The van der Waals surface area contributed by atoms with Crippen LogP contribution in [0.2, 0.25) is 0 Å². The van der Waals surface area contributed by atoms with Gasteiger partial charge in [0.1, 0.15) is 22.4 Å². The number of nitrogens with one attached hydrogen (secondary N) is 3. The summed E-state index contributed by atoms with van der Waals surface area (Å²) in [5, 5.41) is 8.62. The second-order valence-corrected chi connectivity index (χ2v) is 14.5. The maximum absolute atomic E-state index is 14.0. The Hall–Kier alpha value is -6.17. The van der Waals surface area contributed by atoms with Gasteiger partial charge in [0.15, 0.2) is 5.13 Å². The maximum atomic E-state index is 14.0. The monoisotopic (exact) mass is 754 g/mol. The highest BCUT2D eigenvalue weighted by atomic mass is 32.2. The Balaban J connectivity index is 1.24. The van der Waals surface area contributed by atoms with Crippen molar-refractivity contribution in [2.45, 2.75) is 24.0 Å². The molecule has 5 aromatic carbocycles. The second kappa shape index (κ2) is 17.6. The number of carbonyl (C=O) groups excluding carboxylic acids is 3. The number of anilines is 2. The summed E-state index contributed by atoms with van der Waals surface area (Å²) in [4.78, 5) is 47.6. The van der Waals surface area contributed by atoms with Gasteiger partial charge in [-0.1, -0.05) is 84.4 Å². The first-order valence-electron chi connectivity index (χ1n) is 17.0. The van der Waals surface area contributed by atoms with Gasteiger partial charge in [0.25, 0.3) is 11.8 Å². The molecule has 0 saturated heterocycles. The minimum Gasteiger partial charge on any atom is -0.497 e. The first-order chi connectivity index (χ1) is 26.2. The molecule has 0 saturated carbocycles. The number of thioether (sulfide) groups is 1. The fourth-order valence-corrected chi connectivity index (χ4v) is 7.44. The summed E-state index contributed by atoms with van der Waals surface area (Å²) in [6.07, 6.45) is 1.55. The number of benzene rings is 5. The van der Waals surface area contributed by atoms with Gasteiger partial charge in [-0.3, -0.25) is 14.4 Å². The lowest BCUT2D eigenvalue weighted by atomic mass is 10.1. The van der Waals surface area contributed by atoms with E-state index >= 15 is 0 Å². The molecule has 0 radical (unpaired) electrons. The molecule has 0 aliphatic carbocycles. The Bertz CT molecular complexity index is 2290. The number of thiazole rings is 1. The third-order valence-corrected chi connectivity index (χ3v) is 10.4. The molecule has 9 nitrogen and oxygen atoms in total. The van der Waals surface area contributed by atoms with Crippen molar-refractivity contribution in [1.29, 1.82) is 0 Å². The zero-order valence-electron chi connectivity index (χ0n) is 30.1. The van der Waals surface area contributed by atoms with E-state index in [0.29, 0.717) is 33.4 Å². The molecule has 0 bridgehead atoms. The smallest absolute Gasteiger partial charge is 0.272 e. The summed E-state index contributed by atoms with van der Waals surface area (Å²) < 4.78 is 10.9. The third kappa shape index (κ3) is 9.43. The van der Waals surface area contributed by atoms with Gasteiger partial charge in [-0.25, -0.2) is 4.98 Å². The molecule has 11 heteroatoms. The van der Waals surface area contributed by atoms with Crippen molar-refractivity contribution in [1.82, 2.24) is 10.3 Å². The quantitative estimate of drug-likeness (QED) is 0.0795. The molecule has 1 unspecified atom stereocenters. The van der Waals surface area contributed by atoms with Crippen molar-refractivity contribution in [2.75, 3.05) is 24.9 Å². The molecule has 0 aliphatic rings. The Kier molecular flexibility index (Phi) is 12.2. The summed E-state index contributed by atoms with van der Waals surface area (Å²) in [6, 6.07) is 38.7. The topological polar surface area (TPSA) is 119 Å². The van der Waals surface area contributed by atoms with Crippen molar-refractivity contribution in [3.8, 4) is 22.8 Å². The molecule has 0 spiro atoms. The number of aryl methyl sites for hydroxylation is 2. The lowest BCUT2D eigenvalue weighted by molar-refractivity contribution is -0.116. The van der Waals surface area contributed by atoms with Crippen LogP contribution in [-0.2, 0) is 9.59 Å².